The fraction of sp³-hybridized carbons (Fsp3) is 0.255. The molecule has 82 heavy (non-hydrogen) atoms. The number of Topliss-reactive ketones (excluding diaryl/α,β-unsaturated/α-hetero) is 2. The number of hydroxylamine groups is 1. The number of aliphatic imine (C=N–C) groups is 1. The molecular weight excluding hydrogens is 1400 g/mol. The summed E-state index contributed by atoms with van der Waals surface area (Å²) in [5.41, 5.74) is 17.7. The van der Waals surface area contributed by atoms with Crippen LogP contribution in [0.5, 0.6) is 29.1 Å². The number of carbonyl (C=O) groups excluding carboxylic acids is 2. The first-order chi connectivity index (χ1) is 37.9. The molecule has 4 heterocycles. The second-order valence-electron chi connectivity index (χ2n) is 14.9. The van der Waals surface area contributed by atoms with Crippen molar-refractivity contribution < 1.29 is 74.5 Å². The molecule has 1 aliphatic heterocycles. The van der Waals surface area contributed by atoms with Crippen molar-refractivity contribution >= 4 is 112 Å². The van der Waals surface area contributed by atoms with E-state index in [1.165, 1.54) is 63.3 Å². The van der Waals surface area contributed by atoms with Crippen LogP contribution < -0.4 is 40.6 Å². The number of pyridine rings is 3. The van der Waals surface area contributed by atoms with Gasteiger partial charge < -0.3 is 45.2 Å². The van der Waals surface area contributed by atoms with Crippen molar-refractivity contribution in [1.82, 2.24) is 20.4 Å². The molecule has 0 radical (unpaired) electrons. The summed E-state index contributed by atoms with van der Waals surface area (Å²) in [5, 5.41) is 15.2. The van der Waals surface area contributed by atoms with Crippen LogP contribution in [0.25, 0.3) is 0 Å². The number of nitrogens with two attached hydrogens (primary N) is 2. The number of halogens is 10. The Bertz CT molecular complexity index is 3090. The van der Waals surface area contributed by atoms with Crippen LogP contribution in [-0.4, -0.2) is 108 Å². The molecule has 0 bridgehead atoms. The van der Waals surface area contributed by atoms with E-state index >= 15 is 0 Å². The zero-order valence-electron chi connectivity index (χ0n) is 42.2. The van der Waals surface area contributed by atoms with Gasteiger partial charge >= 0.3 is 12.7 Å². The number of methoxy groups -OCH3 is 3. The maximum Gasteiger partial charge on any atom is 0.573 e. The number of nitrogens with zero attached hydrogens (tertiary/aromatic N) is 6. The number of carbonyl (C=O) groups is 2. The molecular formula is C51H54Br4F6N9O10PS. The largest absolute Gasteiger partial charge is 0.573 e. The van der Waals surface area contributed by atoms with Crippen LogP contribution in [0.15, 0.2) is 138 Å². The number of rotatable bonds is 15. The molecule has 0 aliphatic carbocycles. The number of aromatic nitrogens is 3. The monoisotopic (exact) mass is 1450 g/mol. The van der Waals surface area contributed by atoms with Crippen molar-refractivity contribution in [3.63, 3.8) is 0 Å². The Morgan fingerprint density at radius 3 is 1.59 bits per heavy atom. The van der Waals surface area contributed by atoms with Gasteiger partial charge in [-0.1, -0.05) is 94.9 Å². The molecule has 0 spiro atoms. The Balaban J connectivity index is 0.000000565. The van der Waals surface area contributed by atoms with Gasteiger partial charge in [-0.15, -0.1) is 26.3 Å². The highest BCUT2D eigenvalue weighted by Crippen LogP contribution is 2.29. The molecule has 19 nitrogen and oxygen atoms in total. The summed E-state index contributed by atoms with van der Waals surface area (Å²) in [6, 6.07) is 27.1. The van der Waals surface area contributed by atoms with E-state index < -0.39 is 36.9 Å². The SMILES string of the molecule is C.C.COc1nc(/C(N)=N/O)ccc1Br.COc1nc(/C(N)=N/OCC(=O)c2ccc(OC(F)(F)F)cc2)ccc1Br.COc1nc(C2=NC(c3ccc(OC(F)(F)F)cc3)CON2)ccc1Br.CP=S.Cc1ccc(C(=O)CBr)cc1. The molecule has 3 aromatic carbocycles. The molecule has 3 aromatic heterocycles. The molecule has 1 atom stereocenters. The quantitative estimate of drug-likeness (QED) is 0.0109. The van der Waals surface area contributed by atoms with Gasteiger partial charge in [0, 0.05) is 11.1 Å². The lowest BCUT2D eigenvalue weighted by Crippen LogP contribution is -2.33. The lowest BCUT2D eigenvalue weighted by atomic mass is 10.1. The Morgan fingerprint density at radius 1 is 0.707 bits per heavy atom. The van der Waals surface area contributed by atoms with Crippen molar-refractivity contribution in [2.24, 2.45) is 26.8 Å². The zero-order chi connectivity index (χ0) is 59.6. The third-order valence-electron chi connectivity index (χ3n) is 9.35. The molecule has 0 saturated carbocycles. The summed E-state index contributed by atoms with van der Waals surface area (Å²) >= 11 is 17.3. The first-order valence-corrected chi connectivity index (χ1v) is 27.9. The van der Waals surface area contributed by atoms with Gasteiger partial charge in [-0.25, -0.2) is 20.4 Å². The molecule has 444 valence electrons. The minimum absolute atomic E-state index is 0. The van der Waals surface area contributed by atoms with Gasteiger partial charge in [-0.2, -0.15) is 0 Å². The standard InChI is InChI=1S/C16H13BrF3N3O4.C16H13BrF3N3O3.C9H9BrO.C7H8BrN3O2.CH3PS.2CH4/c1-25-15-11(17)6-7-12(22-15)14(21)23-26-8-13(24)9-2-4-10(5-3-9)27-16(18,19)20;1-24-15-11(17)6-7-12(22-15)14-21-13(8-25-23-14)9-2-4-10(5-3-9)26-16(18,19)20;1-7-2-4-8(5-3-7)9(11)6-10;1-13-7-4(8)2-3-5(10-7)6(9)11-12;1-2-3;;/h2-7H,8H2,1H3,(H2,21,23);2-7,13H,8H2,1H3,(H,21,23);2-5H,6H2,1H3;2-3,12H,1H3,(H2,9,11);1H3;2*1H4. The molecule has 1 unspecified atom stereocenters. The van der Waals surface area contributed by atoms with Crippen LogP contribution in [0, 0.1) is 6.92 Å². The van der Waals surface area contributed by atoms with Crippen LogP contribution in [-0.2, 0) is 21.5 Å². The summed E-state index contributed by atoms with van der Waals surface area (Å²) in [6.07, 6.45) is -9.53. The summed E-state index contributed by atoms with van der Waals surface area (Å²) < 4.78 is 97.7. The van der Waals surface area contributed by atoms with Gasteiger partial charge in [0.1, 0.15) is 41.2 Å². The van der Waals surface area contributed by atoms with Crippen LogP contribution in [0.1, 0.15) is 69.8 Å². The minimum atomic E-state index is -4.80. The van der Waals surface area contributed by atoms with Gasteiger partial charge in [0.2, 0.25) is 23.4 Å². The molecule has 0 saturated heterocycles. The van der Waals surface area contributed by atoms with Gasteiger partial charge in [-0.3, -0.25) is 19.4 Å². The van der Waals surface area contributed by atoms with Gasteiger partial charge in [0.05, 0.1) is 40.1 Å². The van der Waals surface area contributed by atoms with Crippen molar-refractivity contribution in [1.29, 1.82) is 0 Å². The van der Waals surface area contributed by atoms with Gasteiger partial charge in [0.15, 0.2) is 29.9 Å². The van der Waals surface area contributed by atoms with Crippen LogP contribution in [0.4, 0.5) is 26.3 Å². The topological polar surface area (TPSA) is 259 Å². The first-order valence-electron chi connectivity index (χ1n) is 22.0. The first kappa shape index (κ1) is 73.5. The number of ether oxygens (including phenoxy) is 5. The Morgan fingerprint density at radius 2 is 1.13 bits per heavy atom. The number of ketones is 2. The Kier molecular flexibility index (Phi) is 33.0. The van der Waals surface area contributed by atoms with Crippen LogP contribution in [0.2, 0.25) is 0 Å². The van der Waals surface area contributed by atoms with Gasteiger partial charge in [0.25, 0.3) is 0 Å². The second kappa shape index (κ2) is 36.8. The fourth-order valence-electron chi connectivity index (χ4n) is 5.71. The number of amidine groups is 3. The van der Waals surface area contributed by atoms with E-state index in [0.29, 0.717) is 59.2 Å². The number of oxime groups is 2. The van der Waals surface area contributed by atoms with E-state index in [2.05, 4.69) is 121 Å². The number of aryl methyl sites for hydroxylation is 1. The van der Waals surface area contributed by atoms with Crippen molar-refractivity contribution in [2.75, 3.05) is 46.5 Å². The third-order valence-corrected chi connectivity index (χ3v) is 11.7. The molecule has 0 amide bonds. The second-order valence-corrected chi connectivity index (χ2v) is 19.5. The van der Waals surface area contributed by atoms with E-state index in [1.807, 2.05) is 37.9 Å². The smallest absolute Gasteiger partial charge is 0.480 e. The number of nitrogens with one attached hydrogen (secondary N) is 1. The maximum atomic E-state index is 12.2. The van der Waals surface area contributed by atoms with Crippen LogP contribution >= 0.6 is 71.1 Å². The molecule has 31 heteroatoms. The van der Waals surface area contributed by atoms with Crippen molar-refractivity contribution in [2.45, 2.75) is 40.5 Å². The maximum absolute atomic E-state index is 12.2. The summed E-state index contributed by atoms with van der Waals surface area (Å²) in [4.78, 5) is 50.2. The predicted octanol–water partition coefficient (Wildman–Crippen LogP) is 12.9. The average Bonchev–Trinajstić information content (AvgIpc) is 3.53. The van der Waals surface area contributed by atoms with E-state index in [0.717, 1.165) is 25.1 Å². The number of benzene rings is 3. The van der Waals surface area contributed by atoms with E-state index in [4.69, 9.17) is 40.6 Å². The number of hydrogen-bond acceptors (Lipinski definition) is 18. The highest BCUT2D eigenvalue weighted by atomic mass is 79.9. The van der Waals surface area contributed by atoms with Crippen molar-refractivity contribution in [3.05, 3.63) is 162 Å². The molecule has 6 N–H and O–H groups in total. The number of alkyl halides is 7. The molecule has 0 fully saturated rings. The lowest BCUT2D eigenvalue weighted by molar-refractivity contribution is -0.275. The highest BCUT2D eigenvalue weighted by Gasteiger charge is 2.32. The zero-order valence-corrected chi connectivity index (χ0v) is 50.2. The normalized spacial score (nSPS) is 12.7. The summed E-state index contributed by atoms with van der Waals surface area (Å²) in [7, 11) is 5.42. The van der Waals surface area contributed by atoms with Gasteiger partial charge in [-0.05, 0) is 147 Å². The molecule has 1 aliphatic rings. The van der Waals surface area contributed by atoms with Crippen LogP contribution in [0.3, 0.4) is 0 Å². The fourth-order valence-corrected chi connectivity index (χ4v) is 7.18. The third kappa shape index (κ3) is 25.7. The molecule has 7 rings (SSSR count). The Labute approximate surface area is 508 Å². The number of hydrogen-bond donors (Lipinski definition) is 4. The summed E-state index contributed by atoms with van der Waals surface area (Å²) in [5.74, 6) is 0.235. The lowest BCUT2D eigenvalue weighted by Gasteiger charge is -2.22. The predicted molar refractivity (Wildman–Crippen MR) is 317 cm³/mol. The highest BCUT2D eigenvalue weighted by molar-refractivity contribution is 9.11. The minimum Gasteiger partial charge on any atom is -0.480 e. The molecule has 6 aromatic rings. The average molecular weight is 1450 g/mol. The van der Waals surface area contributed by atoms with E-state index in [-0.39, 0.29) is 55.9 Å². The van der Waals surface area contributed by atoms with Crippen molar-refractivity contribution in [3.8, 4) is 29.1 Å². The van der Waals surface area contributed by atoms with E-state index in [1.54, 1.807) is 36.4 Å². The Hall–Kier alpha value is -6.56. The van der Waals surface area contributed by atoms with E-state index in [9.17, 15) is 35.9 Å². The summed E-state index contributed by atoms with van der Waals surface area (Å²) in [6.45, 7) is 3.67.